The van der Waals surface area contributed by atoms with Crippen molar-refractivity contribution in [3.05, 3.63) is 22.4 Å². The smallest absolute Gasteiger partial charge is 0.270 e. The molecule has 1 heterocycles. The average molecular weight is 356 g/mol. The van der Waals surface area contributed by atoms with E-state index in [2.05, 4.69) is 41.8 Å². The highest BCUT2D eigenvalue weighted by atomic mass is 79.9. The van der Waals surface area contributed by atoms with Crippen molar-refractivity contribution < 1.29 is 4.79 Å². The number of amides is 1. The van der Waals surface area contributed by atoms with Crippen LogP contribution in [0.5, 0.6) is 0 Å². The fourth-order valence-corrected chi connectivity index (χ4v) is 3.58. The van der Waals surface area contributed by atoms with Gasteiger partial charge >= 0.3 is 0 Å². The third-order valence-corrected chi connectivity index (χ3v) is 5.09. The molecule has 5 heteroatoms. The van der Waals surface area contributed by atoms with Gasteiger partial charge in [0.15, 0.2) is 0 Å². The summed E-state index contributed by atoms with van der Waals surface area (Å²) in [4.78, 5) is 16.9. The molecule has 1 saturated carbocycles. The molecule has 0 aliphatic heterocycles. The van der Waals surface area contributed by atoms with Crippen LogP contribution in [0.4, 0.5) is 0 Å². The Bertz CT molecular complexity index is 506. The van der Waals surface area contributed by atoms with E-state index in [0.717, 1.165) is 29.7 Å². The van der Waals surface area contributed by atoms with Crippen molar-refractivity contribution in [2.24, 2.45) is 0 Å². The molecule has 1 aromatic heterocycles. The van der Waals surface area contributed by atoms with Crippen molar-refractivity contribution >= 4 is 21.8 Å². The standard InChI is InChI=1S/C16H26BrN3O/c1-5-9-20-11-13(17)10-14(20)15(21)19(4)12-16(18(2)3)7-6-8-16/h10-11H,5-9,12H2,1-4H3. The number of hydrogen-bond donors (Lipinski definition) is 0. The van der Waals surface area contributed by atoms with Gasteiger partial charge in [-0.2, -0.15) is 0 Å². The van der Waals surface area contributed by atoms with Gasteiger partial charge in [-0.1, -0.05) is 6.92 Å². The van der Waals surface area contributed by atoms with Crippen LogP contribution in [-0.4, -0.2) is 53.5 Å². The normalized spacial score (nSPS) is 16.9. The van der Waals surface area contributed by atoms with E-state index in [1.165, 1.54) is 19.3 Å². The number of carbonyl (C=O) groups excluding carboxylic acids is 1. The van der Waals surface area contributed by atoms with Gasteiger partial charge in [0.1, 0.15) is 5.69 Å². The summed E-state index contributed by atoms with van der Waals surface area (Å²) in [5, 5.41) is 0. The quantitative estimate of drug-likeness (QED) is 0.783. The third kappa shape index (κ3) is 3.34. The van der Waals surface area contributed by atoms with Crippen LogP contribution < -0.4 is 0 Å². The Hall–Kier alpha value is -0.810. The van der Waals surface area contributed by atoms with Crippen molar-refractivity contribution in [1.29, 1.82) is 0 Å². The first kappa shape index (κ1) is 16.6. The molecule has 118 valence electrons. The fraction of sp³-hybridized carbons (Fsp3) is 0.688. The van der Waals surface area contributed by atoms with Gasteiger partial charge < -0.3 is 14.4 Å². The maximum atomic E-state index is 12.8. The molecule has 0 radical (unpaired) electrons. The third-order valence-electron chi connectivity index (χ3n) is 4.66. The predicted octanol–water partition coefficient (Wildman–Crippen LogP) is 3.22. The molecule has 21 heavy (non-hydrogen) atoms. The van der Waals surface area contributed by atoms with E-state index in [9.17, 15) is 4.79 Å². The van der Waals surface area contributed by atoms with Crippen LogP contribution in [0.15, 0.2) is 16.7 Å². The maximum Gasteiger partial charge on any atom is 0.270 e. The summed E-state index contributed by atoms with van der Waals surface area (Å²) in [7, 11) is 6.16. The van der Waals surface area contributed by atoms with Crippen LogP contribution in [0, 0.1) is 0 Å². The van der Waals surface area contributed by atoms with E-state index in [1.54, 1.807) is 0 Å². The highest BCUT2D eigenvalue weighted by Crippen LogP contribution is 2.36. The lowest BCUT2D eigenvalue weighted by Crippen LogP contribution is -2.57. The van der Waals surface area contributed by atoms with Gasteiger partial charge in [0.25, 0.3) is 5.91 Å². The van der Waals surface area contributed by atoms with Crippen LogP contribution >= 0.6 is 15.9 Å². The Morgan fingerprint density at radius 3 is 2.52 bits per heavy atom. The Kier molecular flexibility index (Phi) is 5.15. The molecule has 0 spiro atoms. The number of rotatable bonds is 6. The lowest BCUT2D eigenvalue weighted by Gasteiger charge is -2.49. The minimum Gasteiger partial charge on any atom is -0.342 e. The molecule has 0 unspecified atom stereocenters. The molecular formula is C16H26BrN3O. The monoisotopic (exact) mass is 355 g/mol. The highest BCUT2D eigenvalue weighted by molar-refractivity contribution is 9.10. The molecule has 1 amide bonds. The SMILES string of the molecule is CCCn1cc(Br)cc1C(=O)N(C)CC1(N(C)C)CCC1. The van der Waals surface area contributed by atoms with Gasteiger partial charge in [-0.3, -0.25) is 4.79 Å². The van der Waals surface area contributed by atoms with Gasteiger partial charge in [-0.05, 0) is 61.8 Å². The number of aromatic nitrogens is 1. The van der Waals surface area contributed by atoms with Gasteiger partial charge in [0.05, 0.1) is 0 Å². The van der Waals surface area contributed by atoms with E-state index in [0.29, 0.717) is 0 Å². The summed E-state index contributed by atoms with van der Waals surface area (Å²) >= 11 is 3.48. The Labute approximate surface area is 136 Å². The molecule has 1 aromatic rings. The van der Waals surface area contributed by atoms with Gasteiger partial charge in [-0.15, -0.1) is 0 Å². The maximum absolute atomic E-state index is 12.8. The largest absolute Gasteiger partial charge is 0.342 e. The molecule has 0 bridgehead atoms. The summed E-state index contributed by atoms with van der Waals surface area (Å²) < 4.78 is 3.02. The molecular weight excluding hydrogens is 330 g/mol. The second kappa shape index (κ2) is 6.53. The number of carbonyl (C=O) groups is 1. The fourth-order valence-electron chi connectivity index (χ4n) is 3.12. The van der Waals surface area contributed by atoms with Gasteiger partial charge in [0.2, 0.25) is 0 Å². The van der Waals surface area contributed by atoms with E-state index >= 15 is 0 Å². The van der Waals surface area contributed by atoms with Crippen molar-refractivity contribution in [3.8, 4) is 0 Å². The minimum atomic E-state index is 0.113. The topological polar surface area (TPSA) is 28.5 Å². The first-order valence-corrected chi connectivity index (χ1v) is 8.47. The number of hydrogen-bond acceptors (Lipinski definition) is 2. The van der Waals surface area contributed by atoms with Crippen LogP contribution in [0.25, 0.3) is 0 Å². The van der Waals surface area contributed by atoms with E-state index in [1.807, 2.05) is 28.8 Å². The zero-order chi connectivity index (χ0) is 15.6. The molecule has 0 saturated heterocycles. The summed E-state index contributed by atoms with van der Waals surface area (Å²) in [6, 6.07) is 1.93. The van der Waals surface area contributed by atoms with E-state index < -0.39 is 0 Å². The van der Waals surface area contributed by atoms with Crippen LogP contribution in [0.1, 0.15) is 43.1 Å². The van der Waals surface area contributed by atoms with Crippen LogP contribution in [0.3, 0.4) is 0 Å². The first-order valence-electron chi connectivity index (χ1n) is 7.68. The summed E-state index contributed by atoms with van der Waals surface area (Å²) in [6.07, 6.45) is 6.63. The summed E-state index contributed by atoms with van der Waals surface area (Å²) in [5.41, 5.74) is 0.948. The van der Waals surface area contributed by atoms with Crippen molar-refractivity contribution in [2.75, 3.05) is 27.7 Å². The van der Waals surface area contributed by atoms with Gasteiger partial charge in [-0.25, -0.2) is 0 Å². The van der Waals surface area contributed by atoms with Crippen molar-refractivity contribution in [1.82, 2.24) is 14.4 Å². The molecule has 1 fully saturated rings. The zero-order valence-electron chi connectivity index (χ0n) is 13.5. The Morgan fingerprint density at radius 1 is 1.38 bits per heavy atom. The molecule has 2 rings (SSSR count). The number of likely N-dealkylation sites (N-methyl/N-ethyl adjacent to an activating group) is 2. The number of nitrogens with zero attached hydrogens (tertiary/aromatic N) is 3. The second-order valence-corrected chi connectivity index (χ2v) is 7.29. The van der Waals surface area contributed by atoms with Crippen LogP contribution in [0.2, 0.25) is 0 Å². The number of aryl methyl sites for hydroxylation is 1. The number of halogens is 1. The molecule has 1 aliphatic carbocycles. The van der Waals surface area contributed by atoms with E-state index in [-0.39, 0.29) is 11.4 Å². The molecule has 0 N–H and O–H groups in total. The predicted molar refractivity (Wildman–Crippen MR) is 89.7 cm³/mol. The van der Waals surface area contributed by atoms with E-state index in [4.69, 9.17) is 0 Å². The molecule has 1 aliphatic rings. The zero-order valence-corrected chi connectivity index (χ0v) is 15.1. The molecule has 0 atom stereocenters. The molecule has 0 aromatic carbocycles. The average Bonchev–Trinajstić information content (AvgIpc) is 2.73. The van der Waals surface area contributed by atoms with Crippen molar-refractivity contribution in [2.45, 2.75) is 44.7 Å². The first-order chi connectivity index (χ1) is 9.89. The minimum absolute atomic E-state index is 0.113. The lowest BCUT2D eigenvalue weighted by atomic mass is 9.75. The second-order valence-electron chi connectivity index (χ2n) is 6.37. The molecule has 4 nitrogen and oxygen atoms in total. The van der Waals surface area contributed by atoms with Crippen molar-refractivity contribution in [3.63, 3.8) is 0 Å². The Balaban J connectivity index is 2.12. The summed E-state index contributed by atoms with van der Waals surface area (Å²) in [6.45, 7) is 3.80. The summed E-state index contributed by atoms with van der Waals surface area (Å²) in [5.74, 6) is 0.113. The Morgan fingerprint density at radius 2 is 2.05 bits per heavy atom. The van der Waals surface area contributed by atoms with Crippen LogP contribution in [-0.2, 0) is 6.54 Å². The lowest BCUT2D eigenvalue weighted by molar-refractivity contribution is 0.0248. The van der Waals surface area contributed by atoms with Gasteiger partial charge in [0, 0.05) is 36.3 Å². The highest BCUT2D eigenvalue weighted by Gasteiger charge is 2.40.